The molecule has 1 aromatic carbocycles. The van der Waals surface area contributed by atoms with Gasteiger partial charge in [0.1, 0.15) is 0 Å². The Hall–Kier alpha value is -1.55. The SMILES string of the molecule is COC(=O)CCCCCCCCCCCN1CCOCCOCCN(Cc2ccccc2)CCOCCOCC1. The number of carbonyl (C=O) groups excluding carboxylic acids is 1. The van der Waals surface area contributed by atoms with Crippen molar-refractivity contribution in [3.05, 3.63) is 35.9 Å². The third-order valence-corrected chi connectivity index (χ3v) is 7.28. The Morgan fingerprint density at radius 2 is 1.07 bits per heavy atom. The summed E-state index contributed by atoms with van der Waals surface area (Å²) in [4.78, 5) is 16.0. The van der Waals surface area contributed by atoms with Crippen molar-refractivity contribution in [3.63, 3.8) is 0 Å². The fraction of sp³-hybridized carbons (Fsp3) is 0.781. The van der Waals surface area contributed by atoms with Gasteiger partial charge in [-0.1, -0.05) is 75.3 Å². The summed E-state index contributed by atoms with van der Waals surface area (Å²) in [5, 5.41) is 0. The third kappa shape index (κ3) is 19.5. The maximum atomic E-state index is 11.1. The van der Waals surface area contributed by atoms with E-state index in [1.807, 2.05) is 0 Å². The summed E-state index contributed by atoms with van der Waals surface area (Å²) in [6, 6.07) is 10.6. The van der Waals surface area contributed by atoms with Gasteiger partial charge in [0.05, 0.1) is 60.0 Å². The normalized spacial score (nSPS) is 18.1. The van der Waals surface area contributed by atoms with Crippen molar-refractivity contribution < 1.29 is 28.5 Å². The molecule has 230 valence electrons. The number of carbonyl (C=O) groups is 1. The van der Waals surface area contributed by atoms with Crippen LogP contribution < -0.4 is 0 Å². The number of hydrogen-bond acceptors (Lipinski definition) is 8. The van der Waals surface area contributed by atoms with E-state index in [0.29, 0.717) is 46.1 Å². The molecule has 0 bridgehead atoms. The molecule has 0 spiro atoms. The van der Waals surface area contributed by atoms with Crippen LogP contribution in [0, 0.1) is 0 Å². The number of esters is 1. The van der Waals surface area contributed by atoms with E-state index in [1.165, 1.54) is 57.6 Å². The summed E-state index contributed by atoms with van der Waals surface area (Å²) in [6.45, 7) is 11.0. The highest BCUT2D eigenvalue weighted by molar-refractivity contribution is 5.68. The standard InChI is InChI=1S/C32H56N2O6/c1-36-32(35)16-12-7-5-3-2-4-6-8-13-17-33-18-22-37-26-28-39-24-20-34(30-31-14-10-9-11-15-31)21-25-40-29-27-38-23-19-33/h9-11,14-15H,2-8,12-13,16-30H2,1H3. The van der Waals surface area contributed by atoms with E-state index < -0.39 is 0 Å². The zero-order valence-electron chi connectivity index (χ0n) is 25.2. The molecule has 1 aliphatic heterocycles. The fourth-order valence-electron chi connectivity index (χ4n) is 4.81. The highest BCUT2D eigenvalue weighted by Crippen LogP contribution is 2.11. The minimum atomic E-state index is -0.0903. The minimum Gasteiger partial charge on any atom is -0.469 e. The monoisotopic (exact) mass is 564 g/mol. The van der Waals surface area contributed by atoms with Crippen molar-refractivity contribution >= 4 is 5.97 Å². The summed E-state index contributed by atoms with van der Waals surface area (Å²) in [5.74, 6) is -0.0903. The van der Waals surface area contributed by atoms with Gasteiger partial charge in [-0.25, -0.2) is 0 Å². The predicted molar refractivity (Wildman–Crippen MR) is 160 cm³/mol. The van der Waals surface area contributed by atoms with Gasteiger partial charge in [-0.2, -0.15) is 0 Å². The second kappa shape index (κ2) is 25.2. The topological polar surface area (TPSA) is 69.7 Å². The van der Waals surface area contributed by atoms with Gasteiger partial charge in [0.15, 0.2) is 0 Å². The zero-order valence-corrected chi connectivity index (χ0v) is 25.2. The van der Waals surface area contributed by atoms with Gasteiger partial charge in [-0.15, -0.1) is 0 Å². The summed E-state index contributed by atoms with van der Waals surface area (Å²) in [7, 11) is 1.46. The molecular formula is C32H56N2O6. The Bertz CT molecular complexity index is 688. The van der Waals surface area contributed by atoms with E-state index in [0.717, 1.165) is 65.3 Å². The molecule has 0 N–H and O–H groups in total. The van der Waals surface area contributed by atoms with Crippen LogP contribution in [0.2, 0.25) is 0 Å². The van der Waals surface area contributed by atoms with Crippen LogP contribution in [0.4, 0.5) is 0 Å². The highest BCUT2D eigenvalue weighted by Gasteiger charge is 2.08. The third-order valence-electron chi connectivity index (χ3n) is 7.28. The van der Waals surface area contributed by atoms with E-state index in [4.69, 9.17) is 18.9 Å². The first-order chi connectivity index (χ1) is 19.8. The van der Waals surface area contributed by atoms with Gasteiger partial charge >= 0.3 is 5.97 Å². The maximum absolute atomic E-state index is 11.1. The van der Waals surface area contributed by atoms with Crippen LogP contribution in [0.15, 0.2) is 30.3 Å². The number of methoxy groups -OCH3 is 1. The number of ether oxygens (including phenoxy) is 5. The first-order valence-electron chi connectivity index (χ1n) is 15.6. The molecule has 8 nitrogen and oxygen atoms in total. The average Bonchev–Trinajstić information content (AvgIpc) is 2.97. The number of hydrogen-bond donors (Lipinski definition) is 0. The van der Waals surface area contributed by atoms with E-state index in [2.05, 4.69) is 44.9 Å². The van der Waals surface area contributed by atoms with Crippen LogP contribution >= 0.6 is 0 Å². The molecule has 40 heavy (non-hydrogen) atoms. The smallest absolute Gasteiger partial charge is 0.305 e. The van der Waals surface area contributed by atoms with E-state index >= 15 is 0 Å². The van der Waals surface area contributed by atoms with Crippen molar-refractivity contribution in [3.8, 4) is 0 Å². The molecule has 0 aliphatic carbocycles. The quantitative estimate of drug-likeness (QED) is 0.232. The van der Waals surface area contributed by atoms with Gasteiger partial charge in [-0.05, 0) is 24.9 Å². The number of nitrogens with zero attached hydrogens (tertiary/aromatic N) is 2. The van der Waals surface area contributed by atoms with Gasteiger partial charge in [-0.3, -0.25) is 14.6 Å². The maximum Gasteiger partial charge on any atom is 0.305 e. The number of benzene rings is 1. The van der Waals surface area contributed by atoms with Crippen LogP contribution in [-0.2, 0) is 35.0 Å². The van der Waals surface area contributed by atoms with E-state index in [9.17, 15) is 4.79 Å². The van der Waals surface area contributed by atoms with Crippen molar-refractivity contribution in [2.45, 2.75) is 70.8 Å². The van der Waals surface area contributed by atoms with Gasteiger partial charge in [0.25, 0.3) is 0 Å². The van der Waals surface area contributed by atoms with Gasteiger partial charge in [0.2, 0.25) is 0 Å². The van der Waals surface area contributed by atoms with Crippen molar-refractivity contribution in [2.24, 2.45) is 0 Å². The summed E-state index contributed by atoms with van der Waals surface area (Å²) < 4.78 is 28.2. The molecule has 0 amide bonds. The van der Waals surface area contributed by atoms with Crippen LogP contribution in [0.25, 0.3) is 0 Å². The molecule has 2 rings (SSSR count). The second-order valence-corrected chi connectivity index (χ2v) is 10.6. The van der Waals surface area contributed by atoms with Crippen molar-refractivity contribution in [2.75, 3.05) is 92.7 Å². The largest absolute Gasteiger partial charge is 0.469 e. The van der Waals surface area contributed by atoms with E-state index in [1.54, 1.807) is 0 Å². The molecule has 0 atom stereocenters. The lowest BCUT2D eigenvalue weighted by Crippen LogP contribution is -2.33. The van der Waals surface area contributed by atoms with Crippen molar-refractivity contribution in [1.29, 1.82) is 0 Å². The van der Waals surface area contributed by atoms with E-state index in [-0.39, 0.29) is 5.97 Å². The summed E-state index contributed by atoms with van der Waals surface area (Å²) in [6.07, 6.45) is 11.5. The fourth-order valence-corrected chi connectivity index (χ4v) is 4.81. The second-order valence-electron chi connectivity index (χ2n) is 10.6. The molecule has 1 fully saturated rings. The minimum absolute atomic E-state index is 0.0903. The molecule has 0 radical (unpaired) electrons. The Labute approximate surface area is 243 Å². The molecular weight excluding hydrogens is 508 g/mol. The molecule has 1 heterocycles. The molecule has 1 aliphatic rings. The molecule has 1 aromatic rings. The number of unbranched alkanes of at least 4 members (excludes halogenated alkanes) is 8. The lowest BCUT2D eigenvalue weighted by Gasteiger charge is -2.23. The first kappa shape index (κ1) is 34.7. The predicted octanol–water partition coefficient (Wildman–Crippen LogP) is 4.94. The summed E-state index contributed by atoms with van der Waals surface area (Å²) in [5.41, 5.74) is 1.31. The Morgan fingerprint density at radius 3 is 1.57 bits per heavy atom. The molecule has 0 unspecified atom stereocenters. The molecule has 1 saturated heterocycles. The Balaban J connectivity index is 1.56. The van der Waals surface area contributed by atoms with Crippen LogP contribution in [0.1, 0.15) is 69.8 Å². The van der Waals surface area contributed by atoms with Crippen molar-refractivity contribution in [1.82, 2.24) is 9.80 Å². The Morgan fingerprint density at radius 1 is 0.625 bits per heavy atom. The molecule has 8 heteroatoms. The first-order valence-corrected chi connectivity index (χ1v) is 15.6. The van der Waals surface area contributed by atoms with Gasteiger partial charge < -0.3 is 23.7 Å². The van der Waals surface area contributed by atoms with Gasteiger partial charge in [0, 0.05) is 39.1 Å². The zero-order chi connectivity index (χ0) is 28.4. The summed E-state index contributed by atoms with van der Waals surface area (Å²) >= 11 is 0. The molecule has 0 saturated carbocycles. The lowest BCUT2D eigenvalue weighted by molar-refractivity contribution is -0.140. The average molecular weight is 565 g/mol. The number of rotatable bonds is 14. The lowest BCUT2D eigenvalue weighted by atomic mass is 10.1. The Kier molecular flexibility index (Phi) is 21.8. The van der Waals surface area contributed by atoms with Crippen LogP contribution in [-0.4, -0.2) is 108 Å². The van der Waals surface area contributed by atoms with Crippen LogP contribution in [0.5, 0.6) is 0 Å². The highest BCUT2D eigenvalue weighted by atomic mass is 16.5. The molecule has 0 aromatic heterocycles. The van der Waals surface area contributed by atoms with Crippen LogP contribution in [0.3, 0.4) is 0 Å².